The largest absolute Gasteiger partial charge is 0.422 e. The fourth-order valence-electron chi connectivity index (χ4n) is 8.58. The number of Topliss-reactive ketones (excluding diaryl/α,β-unsaturated/α-hetero) is 1. The molecule has 0 aromatic heterocycles. The van der Waals surface area contributed by atoms with Crippen LogP contribution in [-0.4, -0.2) is 41.0 Å². The van der Waals surface area contributed by atoms with Crippen LogP contribution in [0.3, 0.4) is 0 Å². The number of carbonyl (C=O) groups is 3. The number of halogens is 1. The summed E-state index contributed by atoms with van der Waals surface area (Å²) in [7, 11) is 1.93. The van der Waals surface area contributed by atoms with Crippen LogP contribution in [0.15, 0.2) is 28.7 Å². The highest BCUT2D eigenvalue weighted by Gasteiger charge is 2.59. The SMILES string of the molecule is CCCCN(C)C(=O)CCCCCCCCCC[C@@H]1CC2=C(C=C=C(OC(C)=O)C2)C2CC[C@]3(C)C(=O)[C@H](Br)CC3C21. The van der Waals surface area contributed by atoms with Crippen molar-refractivity contribution in [2.24, 2.45) is 29.1 Å². The molecule has 3 unspecified atom stereocenters. The molecule has 0 bridgehead atoms. The van der Waals surface area contributed by atoms with Crippen molar-refractivity contribution in [1.29, 1.82) is 0 Å². The lowest BCUT2D eigenvalue weighted by molar-refractivity contribution is -0.137. The van der Waals surface area contributed by atoms with Crippen molar-refractivity contribution in [2.45, 2.75) is 135 Å². The van der Waals surface area contributed by atoms with Gasteiger partial charge in [0, 0.05) is 38.8 Å². The van der Waals surface area contributed by atoms with Gasteiger partial charge in [-0.05, 0) is 80.3 Å². The van der Waals surface area contributed by atoms with E-state index >= 15 is 0 Å². The second-order valence-corrected chi connectivity index (χ2v) is 15.0. The van der Waals surface area contributed by atoms with E-state index in [9.17, 15) is 14.4 Å². The number of allylic oxidation sites excluding steroid dienone is 2. The molecule has 4 rings (SSSR count). The maximum absolute atomic E-state index is 13.2. The second-order valence-electron chi connectivity index (χ2n) is 13.9. The number of amides is 1. The number of alkyl halides is 1. The van der Waals surface area contributed by atoms with E-state index in [0.717, 1.165) is 57.9 Å². The first-order valence-corrected chi connectivity index (χ1v) is 17.9. The molecule has 1 amide bonds. The average Bonchev–Trinajstić information content (AvgIpc) is 3.19. The summed E-state index contributed by atoms with van der Waals surface area (Å²) in [5.41, 5.74) is 5.95. The number of rotatable bonds is 15. The van der Waals surface area contributed by atoms with E-state index < -0.39 is 0 Å². The predicted octanol–water partition coefficient (Wildman–Crippen LogP) is 8.85. The van der Waals surface area contributed by atoms with Gasteiger partial charge in [-0.2, -0.15) is 0 Å². The van der Waals surface area contributed by atoms with Gasteiger partial charge in [0.05, 0.1) is 4.83 Å². The third-order valence-corrected chi connectivity index (χ3v) is 11.7. The van der Waals surface area contributed by atoms with Gasteiger partial charge in [-0.1, -0.05) is 92.4 Å². The van der Waals surface area contributed by atoms with Crippen LogP contribution in [0.1, 0.15) is 130 Å². The van der Waals surface area contributed by atoms with Crippen molar-refractivity contribution in [2.75, 3.05) is 13.6 Å². The van der Waals surface area contributed by atoms with Crippen LogP contribution in [0.5, 0.6) is 0 Å². The number of ketones is 1. The minimum absolute atomic E-state index is 0.000253. The maximum atomic E-state index is 13.2. The van der Waals surface area contributed by atoms with Crippen molar-refractivity contribution in [3.05, 3.63) is 28.7 Å². The molecule has 2 saturated carbocycles. The monoisotopic (exact) mass is 643 g/mol. The Morgan fingerprint density at radius 2 is 1.79 bits per heavy atom. The van der Waals surface area contributed by atoms with Crippen LogP contribution < -0.4 is 0 Å². The minimum atomic E-state index is -0.273. The molecular formula is C36H54BrNO4. The zero-order chi connectivity index (χ0) is 30.3. The Labute approximate surface area is 263 Å². The summed E-state index contributed by atoms with van der Waals surface area (Å²) >= 11 is 3.74. The summed E-state index contributed by atoms with van der Waals surface area (Å²) in [6, 6.07) is 0. The van der Waals surface area contributed by atoms with Crippen molar-refractivity contribution in [3.63, 3.8) is 0 Å². The average molecular weight is 645 g/mol. The van der Waals surface area contributed by atoms with Gasteiger partial charge < -0.3 is 9.64 Å². The van der Waals surface area contributed by atoms with Gasteiger partial charge in [-0.25, -0.2) is 0 Å². The Kier molecular flexibility index (Phi) is 12.2. The molecule has 0 saturated heterocycles. The van der Waals surface area contributed by atoms with Gasteiger partial charge in [0.15, 0.2) is 11.5 Å². The van der Waals surface area contributed by atoms with Gasteiger partial charge in [0.25, 0.3) is 0 Å². The summed E-state index contributed by atoms with van der Waals surface area (Å²) in [6.45, 7) is 6.75. The van der Waals surface area contributed by atoms with Gasteiger partial charge in [0.1, 0.15) is 0 Å². The minimum Gasteiger partial charge on any atom is -0.422 e. The summed E-state index contributed by atoms with van der Waals surface area (Å²) in [6.07, 6.45) is 20.7. The summed E-state index contributed by atoms with van der Waals surface area (Å²) in [4.78, 5) is 38.9. The number of ether oxygens (including phenoxy) is 1. The topological polar surface area (TPSA) is 63.7 Å². The molecule has 0 heterocycles. The first kappa shape index (κ1) is 33.2. The van der Waals surface area contributed by atoms with E-state index in [2.05, 4.69) is 41.6 Å². The zero-order valence-corrected chi connectivity index (χ0v) is 28.2. The molecule has 0 radical (unpaired) electrons. The van der Waals surface area contributed by atoms with Crippen molar-refractivity contribution < 1.29 is 19.1 Å². The second kappa shape index (κ2) is 15.4. The quantitative estimate of drug-likeness (QED) is 0.0774. The molecule has 0 spiro atoms. The Balaban J connectivity index is 1.25. The molecule has 4 aliphatic carbocycles. The number of nitrogens with zero attached hydrogens (tertiary/aromatic N) is 1. The molecule has 0 aromatic carbocycles. The highest BCUT2D eigenvalue weighted by atomic mass is 79.9. The lowest BCUT2D eigenvalue weighted by Gasteiger charge is -2.52. The Bertz CT molecular complexity index is 1090. The number of hydrogen-bond donors (Lipinski definition) is 0. The fraction of sp³-hybridized carbons (Fsp3) is 0.778. The van der Waals surface area contributed by atoms with E-state index in [1.54, 1.807) is 0 Å². The van der Waals surface area contributed by atoms with Crippen LogP contribution in [0.4, 0.5) is 0 Å². The maximum Gasteiger partial charge on any atom is 0.308 e. The molecule has 234 valence electrons. The lowest BCUT2D eigenvalue weighted by Crippen LogP contribution is -2.47. The van der Waals surface area contributed by atoms with E-state index in [1.165, 1.54) is 63.0 Å². The molecular weight excluding hydrogens is 590 g/mol. The van der Waals surface area contributed by atoms with Gasteiger partial charge in [0.2, 0.25) is 5.91 Å². The molecule has 42 heavy (non-hydrogen) atoms. The standard InChI is InChI=1S/C36H54BrNO4/c1-5-6-21-38(4)33(40)16-14-12-10-8-7-9-11-13-15-26-22-27-23-28(42-25(2)39)17-18-29(27)30-19-20-36(3)31(34(26)30)24-32(37)35(36)41/h18,26,30-32,34H,5-16,19-24H2,1-4H3/t26-,30?,31?,32-,34?,36+/m1/s1. The number of hydrogen-bond acceptors (Lipinski definition) is 4. The van der Waals surface area contributed by atoms with Gasteiger partial charge in [-0.3, -0.25) is 14.4 Å². The molecule has 2 fully saturated rings. The third-order valence-electron chi connectivity index (χ3n) is 10.9. The van der Waals surface area contributed by atoms with Crippen molar-refractivity contribution in [1.82, 2.24) is 4.90 Å². The van der Waals surface area contributed by atoms with Crippen LogP contribution >= 0.6 is 15.9 Å². The molecule has 0 aliphatic heterocycles. The lowest BCUT2D eigenvalue weighted by atomic mass is 9.51. The smallest absolute Gasteiger partial charge is 0.308 e. The number of esters is 1. The third kappa shape index (κ3) is 7.89. The van der Waals surface area contributed by atoms with E-state index in [0.29, 0.717) is 54.0 Å². The summed E-state index contributed by atoms with van der Waals surface area (Å²) in [5, 5.41) is 0. The number of fused-ring (bicyclic) bond motifs is 4. The number of carbonyl (C=O) groups excluding carboxylic acids is 3. The molecule has 0 N–H and O–H groups in total. The predicted molar refractivity (Wildman–Crippen MR) is 172 cm³/mol. The van der Waals surface area contributed by atoms with E-state index in [4.69, 9.17) is 4.74 Å². The van der Waals surface area contributed by atoms with E-state index in [1.807, 2.05) is 11.9 Å². The molecule has 0 aromatic rings. The van der Waals surface area contributed by atoms with Crippen LogP contribution in [0.2, 0.25) is 0 Å². The van der Waals surface area contributed by atoms with Crippen LogP contribution in [0.25, 0.3) is 0 Å². The van der Waals surface area contributed by atoms with Gasteiger partial charge >= 0.3 is 5.97 Å². The fourth-order valence-corrected chi connectivity index (χ4v) is 9.50. The van der Waals surface area contributed by atoms with Crippen LogP contribution in [0, 0.1) is 29.1 Å². The summed E-state index contributed by atoms with van der Waals surface area (Å²) < 4.78 is 5.45. The van der Waals surface area contributed by atoms with Crippen LogP contribution in [-0.2, 0) is 19.1 Å². The highest BCUT2D eigenvalue weighted by Crippen LogP contribution is 2.62. The van der Waals surface area contributed by atoms with Crippen molar-refractivity contribution >= 4 is 33.6 Å². The first-order chi connectivity index (χ1) is 20.2. The highest BCUT2D eigenvalue weighted by molar-refractivity contribution is 9.10. The number of unbranched alkanes of at least 4 members (excludes halogenated alkanes) is 8. The zero-order valence-electron chi connectivity index (χ0n) is 26.7. The Morgan fingerprint density at radius 1 is 1.10 bits per heavy atom. The molecule has 4 aliphatic rings. The van der Waals surface area contributed by atoms with Gasteiger partial charge in [-0.15, -0.1) is 0 Å². The molecule has 6 heteroatoms. The molecule has 6 atom stereocenters. The first-order valence-electron chi connectivity index (χ1n) is 16.9. The van der Waals surface area contributed by atoms with Crippen molar-refractivity contribution in [3.8, 4) is 0 Å². The normalized spacial score (nSPS) is 30.0. The Morgan fingerprint density at radius 3 is 2.48 bits per heavy atom. The molecule has 5 nitrogen and oxygen atoms in total. The van der Waals surface area contributed by atoms with E-state index in [-0.39, 0.29) is 16.2 Å². The Hall–Kier alpha value is -1.65. The summed E-state index contributed by atoms with van der Waals surface area (Å²) in [5.74, 6) is 3.17.